The summed E-state index contributed by atoms with van der Waals surface area (Å²) in [6.45, 7) is 2.01. The predicted octanol–water partition coefficient (Wildman–Crippen LogP) is 3.96. The van der Waals surface area contributed by atoms with Crippen LogP contribution in [-0.4, -0.2) is 35.0 Å². The van der Waals surface area contributed by atoms with E-state index in [9.17, 15) is 27.5 Å². The molecule has 1 saturated heterocycles. The van der Waals surface area contributed by atoms with Gasteiger partial charge < -0.3 is 19.5 Å². The zero-order valence-corrected chi connectivity index (χ0v) is 15.4. The number of aliphatic hydroxyl groups excluding tert-OH is 1. The number of rotatable bonds is 6. The van der Waals surface area contributed by atoms with E-state index in [1.54, 1.807) is 13.0 Å². The summed E-state index contributed by atoms with van der Waals surface area (Å²) < 4.78 is 60.8. The monoisotopic (exact) mass is 413 g/mol. The molecule has 1 aliphatic heterocycles. The second-order valence-corrected chi connectivity index (χ2v) is 6.51. The number of hydrogen-bond donors (Lipinski definition) is 1. The maximum Gasteiger partial charge on any atom is 0.573 e. The first kappa shape index (κ1) is 20.9. The molecule has 0 aromatic heterocycles. The summed E-state index contributed by atoms with van der Waals surface area (Å²) in [6, 6.07) is 8.55. The van der Waals surface area contributed by atoms with Crippen molar-refractivity contribution in [3.63, 3.8) is 0 Å². The lowest BCUT2D eigenvalue weighted by molar-refractivity contribution is -0.274. The molecule has 156 valence electrons. The van der Waals surface area contributed by atoms with Gasteiger partial charge in [-0.15, -0.1) is 13.2 Å². The topological polar surface area (TPSA) is 59.0 Å². The van der Waals surface area contributed by atoms with Crippen LogP contribution in [0.1, 0.15) is 30.5 Å². The number of alkyl halides is 3. The zero-order chi connectivity index (χ0) is 21.2. The van der Waals surface area contributed by atoms with Crippen molar-refractivity contribution in [1.29, 1.82) is 0 Å². The van der Waals surface area contributed by atoms with E-state index in [4.69, 9.17) is 4.74 Å². The molecule has 0 spiro atoms. The Balaban J connectivity index is 1.87. The Morgan fingerprint density at radius 3 is 2.48 bits per heavy atom. The van der Waals surface area contributed by atoms with E-state index in [0.717, 1.165) is 12.1 Å². The highest BCUT2D eigenvalue weighted by molar-refractivity contribution is 5.83. The first-order valence-electron chi connectivity index (χ1n) is 8.94. The molecule has 1 N–H and O–H groups in total. The van der Waals surface area contributed by atoms with Crippen molar-refractivity contribution in [2.75, 3.05) is 6.61 Å². The van der Waals surface area contributed by atoms with Crippen LogP contribution in [0.4, 0.5) is 17.6 Å². The van der Waals surface area contributed by atoms with Crippen molar-refractivity contribution in [3.8, 4) is 11.5 Å². The predicted molar refractivity (Wildman–Crippen MR) is 94.6 cm³/mol. The second-order valence-electron chi connectivity index (χ2n) is 6.51. The lowest BCUT2D eigenvalue weighted by atomic mass is 10.0. The number of carbonyl (C=O) groups is 1. The molecule has 0 radical (unpaired) electrons. The van der Waals surface area contributed by atoms with Crippen LogP contribution in [0.25, 0.3) is 0 Å². The van der Waals surface area contributed by atoms with Gasteiger partial charge in [-0.05, 0) is 36.8 Å². The SMILES string of the molecule is CCOc1cccc(F)c1[C@@H]1C[C@@H](O)C(=O)N1Cc1ccc(OC(F)(F)F)cc1. The summed E-state index contributed by atoms with van der Waals surface area (Å²) in [5.74, 6) is -1.27. The number of amides is 1. The first-order chi connectivity index (χ1) is 13.7. The number of nitrogens with zero attached hydrogens (tertiary/aromatic N) is 1. The maximum atomic E-state index is 14.6. The summed E-state index contributed by atoms with van der Waals surface area (Å²) in [5.41, 5.74) is 0.664. The van der Waals surface area contributed by atoms with Gasteiger partial charge in [0.25, 0.3) is 5.91 Å². The van der Waals surface area contributed by atoms with Crippen LogP contribution in [0.5, 0.6) is 11.5 Å². The molecule has 2 aromatic rings. The Hall–Kier alpha value is -2.81. The van der Waals surface area contributed by atoms with Gasteiger partial charge in [0.1, 0.15) is 23.4 Å². The van der Waals surface area contributed by atoms with Gasteiger partial charge in [-0.3, -0.25) is 4.79 Å². The van der Waals surface area contributed by atoms with E-state index < -0.39 is 36.0 Å². The van der Waals surface area contributed by atoms with Crippen LogP contribution < -0.4 is 9.47 Å². The Kier molecular flexibility index (Phi) is 5.97. The van der Waals surface area contributed by atoms with Gasteiger partial charge in [-0.25, -0.2) is 4.39 Å². The molecule has 5 nitrogen and oxygen atoms in total. The molecule has 0 bridgehead atoms. The summed E-state index contributed by atoms with van der Waals surface area (Å²) in [7, 11) is 0. The van der Waals surface area contributed by atoms with E-state index in [1.807, 2.05) is 0 Å². The fraction of sp³-hybridized carbons (Fsp3) is 0.350. The third-order valence-electron chi connectivity index (χ3n) is 4.55. The van der Waals surface area contributed by atoms with Crippen molar-refractivity contribution < 1.29 is 36.9 Å². The molecule has 0 saturated carbocycles. The number of halogens is 4. The normalized spacial score (nSPS) is 19.5. The minimum absolute atomic E-state index is 0.0187. The summed E-state index contributed by atoms with van der Waals surface area (Å²) in [4.78, 5) is 13.8. The molecular formula is C20H19F4NO4. The van der Waals surface area contributed by atoms with Crippen molar-refractivity contribution in [2.24, 2.45) is 0 Å². The molecule has 1 amide bonds. The van der Waals surface area contributed by atoms with Gasteiger partial charge >= 0.3 is 6.36 Å². The maximum absolute atomic E-state index is 14.6. The van der Waals surface area contributed by atoms with Crippen molar-refractivity contribution in [1.82, 2.24) is 4.90 Å². The third-order valence-corrected chi connectivity index (χ3v) is 4.55. The highest BCUT2D eigenvalue weighted by Crippen LogP contribution is 2.40. The molecule has 9 heteroatoms. The number of hydrogen-bond acceptors (Lipinski definition) is 4. The van der Waals surface area contributed by atoms with E-state index in [1.165, 1.54) is 29.2 Å². The first-order valence-corrected chi connectivity index (χ1v) is 8.94. The minimum Gasteiger partial charge on any atom is -0.493 e. The van der Waals surface area contributed by atoms with Crippen molar-refractivity contribution in [3.05, 3.63) is 59.4 Å². The molecule has 2 atom stereocenters. The fourth-order valence-electron chi connectivity index (χ4n) is 3.36. The Morgan fingerprint density at radius 2 is 1.86 bits per heavy atom. The van der Waals surface area contributed by atoms with Crippen LogP contribution in [-0.2, 0) is 11.3 Å². The molecule has 1 heterocycles. The smallest absolute Gasteiger partial charge is 0.493 e. The molecule has 29 heavy (non-hydrogen) atoms. The highest BCUT2D eigenvalue weighted by Gasteiger charge is 2.41. The average molecular weight is 413 g/mol. The molecule has 1 fully saturated rings. The molecule has 2 aromatic carbocycles. The van der Waals surface area contributed by atoms with E-state index in [2.05, 4.69) is 4.74 Å². The Labute approximate surface area is 164 Å². The van der Waals surface area contributed by atoms with Crippen LogP contribution in [0.2, 0.25) is 0 Å². The average Bonchev–Trinajstić information content (AvgIpc) is 2.91. The molecule has 1 aliphatic rings. The molecule has 0 unspecified atom stereocenters. The lowest BCUT2D eigenvalue weighted by Crippen LogP contribution is -2.31. The van der Waals surface area contributed by atoms with Gasteiger partial charge in [0.05, 0.1) is 18.2 Å². The number of aliphatic hydroxyl groups is 1. The number of carbonyl (C=O) groups excluding carboxylic acids is 1. The standard InChI is InChI=1S/C20H19F4NO4/c1-2-28-17-5-3-4-14(21)18(17)15-10-16(26)19(27)25(15)11-12-6-8-13(9-7-12)29-20(22,23)24/h3-9,15-16,26H,2,10-11H2,1H3/t15-,16+/m0/s1. The van der Waals surface area contributed by atoms with E-state index in [0.29, 0.717) is 12.2 Å². The van der Waals surface area contributed by atoms with Crippen LogP contribution >= 0.6 is 0 Å². The Bertz CT molecular complexity index is 870. The van der Waals surface area contributed by atoms with Gasteiger partial charge in [-0.2, -0.15) is 0 Å². The van der Waals surface area contributed by atoms with Gasteiger partial charge in [0, 0.05) is 13.0 Å². The number of likely N-dealkylation sites (tertiary alicyclic amines) is 1. The number of ether oxygens (including phenoxy) is 2. The van der Waals surface area contributed by atoms with Gasteiger partial charge in [-0.1, -0.05) is 18.2 Å². The summed E-state index contributed by atoms with van der Waals surface area (Å²) in [6.07, 6.45) is -6.13. The van der Waals surface area contributed by atoms with Crippen LogP contribution in [0, 0.1) is 5.82 Å². The van der Waals surface area contributed by atoms with Crippen LogP contribution in [0.3, 0.4) is 0 Å². The lowest BCUT2D eigenvalue weighted by Gasteiger charge is -2.27. The number of benzene rings is 2. The zero-order valence-electron chi connectivity index (χ0n) is 15.4. The van der Waals surface area contributed by atoms with Gasteiger partial charge in [0.15, 0.2) is 0 Å². The fourth-order valence-corrected chi connectivity index (χ4v) is 3.36. The van der Waals surface area contributed by atoms with Crippen molar-refractivity contribution in [2.45, 2.75) is 38.4 Å². The second kappa shape index (κ2) is 8.28. The molecule has 0 aliphatic carbocycles. The molecule has 3 rings (SSSR count). The largest absolute Gasteiger partial charge is 0.573 e. The minimum atomic E-state index is -4.80. The summed E-state index contributed by atoms with van der Waals surface area (Å²) in [5, 5.41) is 10.1. The quantitative estimate of drug-likeness (QED) is 0.729. The van der Waals surface area contributed by atoms with Gasteiger partial charge in [0.2, 0.25) is 0 Å². The van der Waals surface area contributed by atoms with Crippen LogP contribution in [0.15, 0.2) is 42.5 Å². The molecular weight excluding hydrogens is 394 g/mol. The van der Waals surface area contributed by atoms with E-state index in [-0.39, 0.29) is 24.3 Å². The Morgan fingerprint density at radius 1 is 1.17 bits per heavy atom. The third kappa shape index (κ3) is 4.79. The highest BCUT2D eigenvalue weighted by atomic mass is 19.4. The van der Waals surface area contributed by atoms with E-state index >= 15 is 0 Å². The van der Waals surface area contributed by atoms with Crippen molar-refractivity contribution >= 4 is 5.91 Å². The summed E-state index contributed by atoms with van der Waals surface area (Å²) >= 11 is 0.